The summed E-state index contributed by atoms with van der Waals surface area (Å²) >= 11 is 0. The quantitative estimate of drug-likeness (QED) is 0.647. The van der Waals surface area contributed by atoms with Crippen molar-refractivity contribution < 1.29 is 0 Å². The van der Waals surface area contributed by atoms with E-state index in [1.54, 1.807) is 0 Å². The standard InChI is InChI=1S/C16H20N8/c1-9-8-24(6-5-18-9)16-14(17)22-23-15(19-16)11-3-4-13-12(7-11)10(2)20-21-13/h3-4,7,9,18H,5-6,8H2,1-2H3,(H2,17,22)(H,20,21). The normalized spacial score (nSPS) is 18.2. The minimum atomic E-state index is 0.369. The Kier molecular flexibility index (Phi) is 3.53. The van der Waals surface area contributed by atoms with Gasteiger partial charge in [0.15, 0.2) is 17.5 Å². The van der Waals surface area contributed by atoms with Crippen LogP contribution in [-0.4, -0.2) is 51.1 Å². The van der Waals surface area contributed by atoms with E-state index in [0.29, 0.717) is 23.5 Å². The van der Waals surface area contributed by atoms with E-state index in [1.807, 2.05) is 25.1 Å². The van der Waals surface area contributed by atoms with Gasteiger partial charge in [0.25, 0.3) is 0 Å². The van der Waals surface area contributed by atoms with Crippen LogP contribution in [0.5, 0.6) is 0 Å². The number of anilines is 2. The van der Waals surface area contributed by atoms with Crippen molar-refractivity contribution >= 4 is 22.5 Å². The average molecular weight is 324 g/mol. The number of benzene rings is 1. The number of nitrogens with zero attached hydrogens (tertiary/aromatic N) is 5. The Morgan fingerprint density at radius 3 is 3.00 bits per heavy atom. The molecule has 0 bridgehead atoms. The number of hydrogen-bond donors (Lipinski definition) is 3. The predicted molar refractivity (Wildman–Crippen MR) is 93.7 cm³/mol. The minimum absolute atomic E-state index is 0.369. The van der Waals surface area contributed by atoms with Crippen LogP contribution in [0.1, 0.15) is 12.6 Å². The van der Waals surface area contributed by atoms with Crippen LogP contribution >= 0.6 is 0 Å². The molecule has 1 saturated heterocycles. The zero-order chi connectivity index (χ0) is 16.7. The number of H-pyrrole nitrogens is 1. The number of nitrogen functional groups attached to an aromatic ring is 1. The van der Waals surface area contributed by atoms with Crippen molar-refractivity contribution in [3.8, 4) is 11.4 Å². The van der Waals surface area contributed by atoms with E-state index in [-0.39, 0.29) is 0 Å². The molecule has 0 aliphatic carbocycles. The number of fused-ring (bicyclic) bond motifs is 1. The molecule has 0 spiro atoms. The highest BCUT2D eigenvalue weighted by Crippen LogP contribution is 2.26. The molecule has 0 saturated carbocycles. The summed E-state index contributed by atoms with van der Waals surface area (Å²) in [5.41, 5.74) is 8.88. The van der Waals surface area contributed by atoms with Gasteiger partial charge in [-0.25, -0.2) is 4.98 Å². The summed E-state index contributed by atoms with van der Waals surface area (Å²) in [6.07, 6.45) is 0. The second-order valence-electron chi connectivity index (χ2n) is 6.23. The number of hydrogen-bond acceptors (Lipinski definition) is 7. The lowest BCUT2D eigenvalue weighted by molar-refractivity contribution is 0.482. The molecule has 0 amide bonds. The summed E-state index contributed by atoms with van der Waals surface area (Å²) in [4.78, 5) is 6.85. The summed E-state index contributed by atoms with van der Waals surface area (Å²) in [7, 11) is 0. The molecule has 3 aromatic rings. The molecular weight excluding hydrogens is 304 g/mol. The molecule has 3 heterocycles. The second kappa shape index (κ2) is 5.72. The van der Waals surface area contributed by atoms with Gasteiger partial charge in [-0.1, -0.05) is 0 Å². The van der Waals surface area contributed by atoms with E-state index >= 15 is 0 Å². The molecule has 1 unspecified atom stereocenters. The maximum atomic E-state index is 6.03. The molecule has 0 radical (unpaired) electrons. The predicted octanol–water partition coefficient (Wildman–Crippen LogP) is 1.10. The summed E-state index contributed by atoms with van der Waals surface area (Å²) in [6, 6.07) is 6.34. The van der Waals surface area contributed by atoms with Crippen molar-refractivity contribution in [1.29, 1.82) is 0 Å². The third kappa shape index (κ3) is 2.54. The van der Waals surface area contributed by atoms with E-state index in [4.69, 9.17) is 10.7 Å². The average Bonchev–Trinajstić information content (AvgIpc) is 2.96. The van der Waals surface area contributed by atoms with Crippen LogP contribution in [0.15, 0.2) is 18.2 Å². The van der Waals surface area contributed by atoms with Gasteiger partial charge in [0.1, 0.15) is 0 Å². The summed E-state index contributed by atoms with van der Waals surface area (Å²) in [5.74, 6) is 1.65. The Hall–Kier alpha value is -2.74. The van der Waals surface area contributed by atoms with Crippen molar-refractivity contribution in [3.05, 3.63) is 23.9 Å². The van der Waals surface area contributed by atoms with Gasteiger partial charge in [0.05, 0.1) is 5.52 Å². The molecule has 8 nitrogen and oxygen atoms in total. The number of rotatable bonds is 2. The maximum Gasteiger partial charge on any atom is 0.189 e. The smallest absolute Gasteiger partial charge is 0.189 e. The molecule has 1 fully saturated rings. The zero-order valence-electron chi connectivity index (χ0n) is 13.7. The van der Waals surface area contributed by atoms with Gasteiger partial charge in [0.2, 0.25) is 0 Å². The van der Waals surface area contributed by atoms with E-state index in [1.165, 1.54) is 0 Å². The van der Waals surface area contributed by atoms with E-state index in [0.717, 1.165) is 41.8 Å². The zero-order valence-corrected chi connectivity index (χ0v) is 13.7. The van der Waals surface area contributed by atoms with Gasteiger partial charge in [-0.2, -0.15) is 5.10 Å². The highest BCUT2D eigenvalue weighted by molar-refractivity contribution is 5.85. The summed E-state index contributed by atoms with van der Waals surface area (Å²) in [5, 5.41) is 20.0. The Balaban J connectivity index is 1.74. The Bertz CT molecular complexity index is 887. The van der Waals surface area contributed by atoms with E-state index < -0.39 is 0 Å². The fourth-order valence-corrected chi connectivity index (χ4v) is 3.08. The van der Waals surface area contributed by atoms with Crippen LogP contribution in [0, 0.1) is 6.92 Å². The third-order valence-electron chi connectivity index (χ3n) is 4.36. The van der Waals surface area contributed by atoms with Gasteiger partial charge in [0, 0.05) is 42.3 Å². The summed E-state index contributed by atoms with van der Waals surface area (Å²) in [6.45, 7) is 6.75. The van der Waals surface area contributed by atoms with Crippen molar-refractivity contribution in [3.63, 3.8) is 0 Å². The van der Waals surface area contributed by atoms with Gasteiger partial charge in [-0.15, -0.1) is 10.2 Å². The highest BCUT2D eigenvalue weighted by atomic mass is 15.3. The molecule has 1 aliphatic heterocycles. The number of piperazine rings is 1. The molecule has 1 aromatic carbocycles. The van der Waals surface area contributed by atoms with Gasteiger partial charge in [-0.3, -0.25) is 5.10 Å². The largest absolute Gasteiger partial charge is 0.379 e. The third-order valence-corrected chi connectivity index (χ3v) is 4.36. The first-order valence-electron chi connectivity index (χ1n) is 8.05. The Morgan fingerprint density at radius 2 is 2.17 bits per heavy atom. The van der Waals surface area contributed by atoms with Crippen LogP contribution in [0.25, 0.3) is 22.3 Å². The van der Waals surface area contributed by atoms with Gasteiger partial charge < -0.3 is 16.0 Å². The van der Waals surface area contributed by atoms with Crippen LogP contribution in [-0.2, 0) is 0 Å². The summed E-state index contributed by atoms with van der Waals surface area (Å²) < 4.78 is 0. The maximum absolute atomic E-state index is 6.03. The number of nitrogens with one attached hydrogen (secondary N) is 2. The first kappa shape index (κ1) is 14.8. The van der Waals surface area contributed by atoms with E-state index in [9.17, 15) is 0 Å². The lowest BCUT2D eigenvalue weighted by Crippen LogP contribution is -2.49. The molecule has 1 atom stereocenters. The fraction of sp³-hybridized carbons (Fsp3) is 0.375. The number of aromatic nitrogens is 5. The fourth-order valence-electron chi connectivity index (χ4n) is 3.08. The molecule has 4 rings (SSSR count). The van der Waals surface area contributed by atoms with Gasteiger partial charge >= 0.3 is 0 Å². The molecule has 4 N–H and O–H groups in total. The molecule has 1 aliphatic rings. The Labute approximate surface area is 139 Å². The van der Waals surface area contributed by atoms with E-state index in [2.05, 4.69) is 37.5 Å². The number of aromatic amines is 1. The molecule has 124 valence electrons. The lowest BCUT2D eigenvalue weighted by atomic mass is 10.1. The topological polar surface area (TPSA) is 109 Å². The number of aryl methyl sites for hydroxylation is 1. The molecule has 2 aromatic heterocycles. The lowest BCUT2D eigenvalue weighted by Gasteiger charge is -2.32. The van der Waals surface area contributed by atoms with Crippen LogP contribution in [0.3, 0.4) is 0 Å². The van der Waals surface area contributed by atoms with Gasteiger partial charge in [-0.05, 0) is 32.0 Å². The van der Waals surface area contributed by atoms with Crippen LogP contribution < -0.4 is 16.0 Å². The van der Waals surface area contributed by atoms with Crippen LogP contribution in [0.2, 0.25) is 0 Å². The number of nitrogens with two attached hydrogens (primary N) is 1. The Morgan fingerprint density at radius 1 is 1.29 bits per heavy atom. The second-order valence-corrected chi connectivity index (χ2v) is 6.23. The van der Waals surface area contributed by atoms with Crippen LogP contribution in [0.4, 0.5) is 11.6 Å². The first-order chi connectivity index (χ1) is 11.6. The minimum Gasteiger partial charge on any atom is -0.379 e. The molecule has 8 heteroatoms. The van der Waals surface area contributed by atoms with Crippen molar-refractivity contribution in [2.24, 2.45) is 0 Å². The highest BCUT2D eigenvalue weighted by Gasteiger charge is 2.21. The molecule has 24 heavy (non-hydrogen) atoms. The monoisotopic (exact) mass is 324 g/mol. The van der Waals surface area contributed by atoms with Crippen molar-refractivity contribution in [1.82, 2.24) is 30.7 Å². The van der Waals surface area contributed by atoms with Crippen molar-refractivity contribution in [2.75, 3.05) is 30.3 Å². The van der Waals surface area contributed by atoms with Crippen molar-refractivity contribution in [2.45, 2.75) is 19.9 Å². The SMILES string of the molecule is Cc1[nH]nc2ccc(-c3nnc(N)c(N4CCNC(C)C4)n3)cc12. The molecular formula is C16H20N8. The first-order valence-corrected chi connectivity index (χ1v) is 8.05.